The second-order valence-electron chi connectivity index (χ2n) is 4.30. The molecular weight excluding hydrogens is 353 g/mol. The van der Waals surface area contributed by atoms with E-state index in [2.05, 4.69) is 27.7 Å². The highest BCUT2D eigenvalue weighted by molar-refractivity contribution is 14.1. The third kappa shape index (κ3) is 3.34. The lowest BCUT2D eigenvalue weighted by Crippen LogP contribution is -2.27. The number of nitrogens with zero attached hydrogens (tertiary/aromatic N) is 3. The van der Waals surface area contributed by atoms with E-state index in [9.17, 15) is 4.79 Å². The summed E-state index contributed by atoms with van der Waals surface area (Å²) in [5, 5.41) is 4.39. The number of benzene rings is 1. The normalized spacial score (nSPS) is 10.5. The third-order valence-electron chi connectivity index (χ3n) is 2.87. The highest BCUT2D eigenvalue weighted by Crippen LogP contribution is 2.14. The van der Waals surface area contributed by atoms with E-state index in [4.69, 9.17) is 0 Å². The van der Waals surface area contributed by atoms with Gasteiger partial charge in [0.1, 0.15) is 0 Å². The molecule has 0 saturated heterocycles. The minimum absolute atomic E-state index is 0.0241. The summed E-state index contributed by atoms with van der Waals surface area (Å²) in [4.78, 5) is 14.0. The number of amides is 1. The second kappa shape index (κ2) is 6.18. The first kappa shape index (κ1) is 14.0. The topological polar surface area (TPSA) is 38.1 Å². The van der Waals surface area contributed by atoms with Gasteiger partial charge in [-0.3, -0.25) is 9.48 Å². The monoisotopic (exact) mass is 369 g/mol. The largest absolute Gasteiger partial charge is 0.336 e. The Labute approximate surface area is 126 Å². The van der Waals surface area contributed by atoms with Gasteiger partial charge in [-0.2, -0.15) is 5.10 Å². The van der Waals surface area contributed by atoms with Gasteiger partial charge >= 0.3 is 0 Å². The van der Waals surface area contributed by atoms with Gasteiger partial charge in [0.25, 0.3) is 5.91 Å². The Kier molecular flexibility index (Phi) is 4.57. The number of aromatic nitrogens is 2. The summed E-state index contributed by atoms with van der Waals surface area (Å²) in [6, 6.07) is 9.55. The fraction of sp³-hybridized carbons (Fsp3) is 0.286. The number of rotatable bonds is 4. The molecule has 100 valence electrons. The number of hydrogen-bond donors (Lipinski definition) is 0. The average molecular weight is 369 g/mol. The van der Waals surface area contributed by atoms with E-state index < -0.39 is 0 Å². The van der Waals surface area contributed by atoms with Gasteiger partial charge in [-0.05, 0) is 47.7 Å². The van der Waals surface area contributed by atoms with Gasteiger partial charge in [0.15, 0.2) is 0 Å². The maximum absolute atomic E-state index is 12.3. The van der Waals surface area contributed by atoms with Crippen molar-refractivity contribution in [2.75, 3.05) is 7.05 Å². The number of carbonyl (C=O) groups is 1. The van der Waals surface area contributed by atoms with Crippen LogP contribution in [0.4, 0.5) is 0 Å². The first-order valence-electron chi connectivity index (χ1n) is 6.14. The molecule has 1 amide bonds. The van der Waals surface area contributed by atoms with Crippen LogP contribution in [0.25, 0.3) is 0 Å². The standard InChI is InChI=1S/C14H16IN3O/c1-3-18-9-8-11(16-18)10-17(2)14(19)12-6-4-5-7-13(12)15/h4-9H,3,10H2,1-2H3. The van der Waals surface area contributed by atoms with Crippen molar-refractivity contribution >= 4 is 28.5 Å². The van der Waals surface area contributed by atoms with E-state index in [0.717, 1.165) is 21.4 Å². The molecule has 0 atom stereocenters. The zero-order valence-electron chi connectivity index (χ0n) is 11.0. The molecular formula is C14H16IN3O. The Bertz CT molecular complexity index is 580. The van der Waals surface area contributed by atoms with E-state index in [1.807, 2.05) is 48.1 Å². The Morgan fingerprint density at radius 1 is 1.37 bits per heavy atom. The van der Waals surface area contributed by atoms with Gasteiger partial charge in [-0.25, -0.2) is 0 Å². The van der Waals surface area contributed by atoms with Crippen LogP contribution in [0.5, 0.6) is 0 Å². The Hall–Kier alpha value is -1.37. The number of carbonyl (C=O) groups excluding carboxylic acids is 1. The van der Waals surface area contributed by atoms with Crippen LogP contribution in [0.3, 0.4) is 0 Å². The molecule has 0 aliphatic rings. The van der Waals surface area contributed by atoms with Crippen molar-refractivity contribution in [2.45, 2.75) is 20.0 Å². The quantitative estimate of drug-likeness (QED) is 0.778. The zero-order valence-corrected chi connectivity index (χ0v) is 13.2. The number of halogens is 1. The minimum atomic E-state index is 0.0241. The first-order valence-corrected chi connectivity index (χ1v) is 7.22. The predicted molar refractivity (Wildman–Crippen MR) is 82.9 cm³/mol. The van der Waals surface area contributed by atoms with Crippen LogP contribution in [0.15, 0.2) is 36.5 Å². The summed E-state index contributed by atoms with van der Waals surface area (Å²) in [6.45, 7) is 3.41. The van der Waals surface area contributed by atoms with Crippen molar-refractivity contribution in [3.63, 3.8) is 0 Å². The molecule has 1 aromatic carbocycles. The molecule has 0 radical (unpaired) electrons. The summed E-state index contributed by atoms with van der Waals surface area (Å²) >= 11 is 2.18. The number of aryl methyl sites for hydroxylation is 1. The van der Waals surface area contributed by atoms with Crippen LogP contribution < -0.4 is 0 Å². The lowest BCUT2D eigenvalue weighted by Gasteiger charge is -2.16. The van der Waals surface area contributed by atoms with Gasteiger partial charge in [0.05, 0.1) is 17.8 Å². The van der Waals surface area contributed by atoms with Crippen molar-refractivity contribution in [1.82, 2.24) is 14.7 Å². The van der Waals surface area contributed by atoms with Gasteiger partial charge in [0, 0.05) is 23.4 Å². The Balaban J connectivity index is 2.09. The summed E-state index contributed by atoms with van der Waals surface area (Å²) < 4.78 is 2.83. The molecule has 1 aromatic heterocycles. The fourth-order valence-electron chi connectivity index (χ4n) is 1.82. The summed E-state index contributed by atoms with van der Waals surface area (Å²) in [5.41, 5.74) is 1.64. The molecule has 0 saturated carbocycles. The number of hydrogen-bond acceptors (Lipinski definition) is 2. The van der Waals surface area contributed by atoms with Gasteiger partial charge in [-0.15, -0.1) is 0 Å². The highest BCUT2D eigenvalue weighted by atomic mass is 127. The van der Waals surface area contributed by atoms with Crippen LogP contribution >= 0.6 is 22.6 Å². The van der Waals surface area contributed by atoms with E-state index in [-0.39, 0.29) is 5.91 Å². The smallest absolute Gasteiger partial charge is 0.255 e. The molecule has 0 unspecified atom stereocenters. The Morgan fingerprint density at radius 3 is 2.74 bits per heavy atom. The molecule has 4 nitrogen and oxygen atoms in total. The second-order valence-corrected chi connectivity index (χ2v) is 5.47. The van der Waals surface area contributed by atoms with Gasteiger partial charge in [-0.1, -0.05) is 12.1 Å². The molecule has 0 N–H and O–H groups in total. The summed E-state index contributed by atoms with van der Waals surface area (Å²) in [6.07, 6.45) is 1.93. The molecule has 0 fully saturated rings. The Morgan fingerprint density at radius 2 is 2.11 bits per heavy atom. The van der Waals surface area contributed by atoms with E-state index in [0.29, 0.717) is 6.54 Å². The molecule has 2 aromatic rings. The lowest BCUT2D eigenvalue weighted by atomic mass is 10.2. The molecule has 2 rings (SSSR count). The van der Waals surface area contributed by atoms with Crippen LogP contribution in [0, 0.1) is 3.57 Å². The minimum Gasteiger partial charge on any atom is -0.336 e. The van der Waals surface area contributed by atoms with Crippen molar-refractivity contribution in [2.24, 2.45) is 0 Å². The van der Waals surface area contributed by atoms with Crippen molar-refractivity contribution in [1.29, 1.82) is 0 Å². The maximum Gasteiger partial charge on any atom is 0.255 e. The van der Waals surface area contributed by atoms with Crippen molar-refractivity contribution < 1.29 is 4.79 Å². The van der Waals surface area contributed by atoms with Crippen LogP contribution in [0.2, 0.25) is 0 Å². The zero-order chi connectivity index (χ0) is 13.8. The van der Waals surface area contributed by atoms with Crippen molar-refractivity contribution in [3.8, 4) is 0 Å². The third-order valence-corrected chi connectivity index (χ3v) is 3.81. The SMILES string of the molecule is CCn1ccc(CN(C)C(=O)c2ccccc2I)n1. The summed E-state index contributed by atoms with van der Waals surface area (Å²) in [7, 11) is 1.80. The molecule has 19 heavy (non-hydrogen) atoms. The van der Waals surface area contributed by atoms with E-state index in [1.165, 1.54) is 0 Å². The van der Waals surface area contributed by atoms with Crippen molar-refractivity contribution in [3.05, 3.63) is 51.4 Å². The molecule has 1 heterocycles. The fourth-order valence-corrected chi connectivity index (χ4v) is 2.44. The lowest BCUT2D eigenvalue weighted by molar-refractivity contribution is 0.0782. The summed E-state index contributed by atoms with van der Waals surface area (Å²) in [5.74, 6) is 0.0241. The van der Waals surface area contributed by atoms with Crippen LogP contribution in [-0.4, -0.2) is 27.6 Å². The average Bonchev–Trinajstić information content (AvgIpc) is 2.86. The van der Waals surface area contributed by atoms with Gasteiger partial charge < -0.3 is 4.90 Å². The highest BCUT2D eigenvalue weighted by Gasteiger charge is 2.15. The van der Waals surface area contributed by atoms with Crippen LogP contribution in [-0.2, 0) is 13.1 Å². The van der Waals surface area contributed by atoms with Crippen LogP contribution in [0.1, 0.15) is 23.0 Å². The molecule has 0 spiro atoms. The predicted octanol–water partition coefficient (Wildman–Crippen LogP) is 2.78. The van der Waals surface area contributed by atoms with Gasteiger partial charge in [0.2, 0.25) is 0 Å². The first-order chi connectivity index (χ1) is 9.11. The molecule has 5 heteroatoms. The maximum atomic E-state index is 12.3. The van der Waals surface area contributed by atoms with E-state index >= 15 is 0 Å². The molecule has 0 bridgehead atoms. The molecule has 0 aliphatic carbocycles. The van der Waals surface area contributed by atoms with E-state index in [1.54, 1.807) is 11.9 Å². The molecule has 0 aliphatic heterocycles.